The van der Waals surface area contributed by atoms with Crippen LogP contribution in [0, 0.1) is 0 Å². The van der Waals surface area contributed by atoms with Gasteiger partial charge in [-0.05, 0) is 25.0 Å². The monoisotopic (exact) mass is 279 g/mol. The van der Waals surface area contributed by atoms with E-state index in [0.29, 0.717) is 6.61 Å². The number of esters is 1. The van der Waals surface area contributed by atoms with Gasteiger partial charge in [0, 0.05) is 6.42 Å². The first-order valence-corrected chi connectivity index (χ1v) is 6.65. The first-order chi connectivity index (χ1) is 9.41. The van der Waals surface area contributed by atoms with Gasteiger partial charge in [0.25, 0.3) is 0 Å². The van der Waals surface area contributed by atoms with Crippen LogP contribution in [0.2, 0.25) is 0 Å². The van der Waals surface area contributed by atoms with Gasteiger partial charge in [0.2, 0.25) is 0 Å². The van der Waals surface area contributed by atoms with Crippen LogP contribution in [-0.2, 0) is 25.4 Å². The highest BCUT2D eigenvalue weighted by Crippen LogP contribution is 2.25. The van der Waals surface area contributed by atoms with Crippen LogP contribution in [0.25, 0.3) is 0 Å². The number of rotatable bonds is 4. The Kier molecular flexibility index (Phi) is 4.42. The second kappa shape index (κ2) is 5.91. The van der Waals surface area contributed by atoms with E-state index in [1.165, 1.54) is 7.11 Å². The molecule has 0 aromatic heterocycles. The van der Waals surface area contributed by atoms with Gasteiger partial charge >= 0.3 is 5.97 Å². The van der Waals surface area contributed by atoms with Gasteiger partial charge in [0.15, 0.2) is 5.79 Å². The number of benzene rings is 1. The van der Waals surface area contributed by atoms with Gasteiger partial charge in [0.05, 0.1) is 19.8 Å². The number of nitrogens with two attached hydrogens (primary N) is 1. The molecule has 5 nitrogen and oxygen atoms in total. The number of ether oxygens (including phenoxy) is 3. The Labute approximate surface area is 119 Å². The van der Waals surface area contributed by atoms with E-state index in [9.17, 15) is 4.79 Å². The zero-order chi connectivity index (χ0) is 14.8. The summed E-state index contributed by atoms with van der Waals surface area (Å²) in [5.74, 6) is -0.940. The Morgan fingerprint density at radius 2 is 2.10 bits per heavy atom. The van der Waals surface area contributed by atoms with Gasteiger partial charge in [-0.25, -0.2) is 0 Å². The predicted molar refractivity (Wildman–Crippen MR) is 74.0 cm³/mol. The third kappa shape index (κ3) is 3.56. The molecule has 1 fully saturated rings. The number of carbonyl (C=O) groups excluding carboxylic acids is 1. The molecule has 2 atom stereocenters. The van der Waals surface area contributed by atoms with Gasteiger partial charge in [-0.2, -0.15) is 0 Å². The van der Waals surface area contributed by atoms with E-state index in [4.69, 9.17) is 15.2 Å². The minimum absolute atomic E-state index is 0.0603. The Balaban J connectivity index is 1.97. The molecular weight excluding hydrogens is 258 g/mol. The minimum atomic E-state index is -0.737. The van der Waals surface area contributed by atoms with E-state index in [1.807, 2.05) is 38.1 Å². The van der Waals surface area contributed by atoms with Gasteiger partial charge < -0.3 is 19.9 Å². The average Bonchev–Trinajstić information content (AvgIpc) is 2.77. The first kappa shape index (κ1) is 15.0. The normalized spacial score (nSPS) is 22.5. The Morgan fingerprint density at radius 3 is 2.60 bits per heavy atom. The van der Waals surface area contributed by atoms with Crippen molar-refractivity contribution < 1.29 is 19.0 Å². The van der Waals surface area contributed by atoms with Crippen LogP contribution in [0.3, 0.4) is 0 Å². The number of hydrogen-bond acceptors (Lipinski definition) is 5. The number of hydrogen-bond donors (Lipinski definition) is 1. The third-order valence-electron chi connectivity index (χ3n) is 3.32. The molecule has 1 saturated heterocycles. The standard InChI is InChI=1S/C15H21NO4/c1-15(2)19-9-12(20-15)8-10-4-6-11(7-5-10)13(16)14(17)18-3/h4-7,12-13H,8-9,16H2,1-3H3. The summed E-state index contributed by atoms with van der Waals surface area (Å²) in [7, 11) is 1.33. The highest BCUT2D eigenvalue weighted by Gasteiger charge is 2.32. The zero-order valence-electron chi connectivity index (χ0n) is 12.1. The summed E-state index contributed by atoms with van der Waals surface area (Å²) >= 11 is 0. The van der Waals surface area contributed by atoms with Crippen LogP contribution in [0.1, 0.15) is 31.0 Å². The van der Waals surface area contributed by atoms with Crippen molar-refractivity contribution >= 4 is 5.97 Å². The maximum Gasteiger partial charge on any atom is 0.327 e. The molecule has 0 spiro atoms. The lowest BCUT2D eigenvalue weighted by atomic mass is 10.0. The van der Waals surface area contributed by atoms with E-state index in [2.05, 4.69) is 4.74 Å². The van der Waals surface area contributed by atoms with E-state index in [-0.39, 0.29) is 6.10 Å². The molecule has 1 aromatic rings. The largest absolute Gasteiger partial charge is 0.468 e. The highest BCUT2D eigenvalue weighted by molar-refractivity contribution is 5.77. The van der Waals surface area contributed by atoms with E-state index in [0.717, 1.165) is 17.5 Å². The molecule has 0 saturated carbocycles. The topological polar surface area (TPSA) is 70.8 Å². The molecule has 1 aliphatic heterocycles. The quantitative estimate of drug-likeness (QED) is 0.847. The molecule has 0 radical (unpaired) electrons. The maximum atomic E-state index is 11.4. The molecule has 0 bridgehead atoms. The van der Waals surface area contributed by atoms with Gasteiger partial charge in [-0.15, -0.1) is 0 Å². The molecule has 1 heterocycles. The average molecular weight is 279 g/mol. The molecular formula is C15H21NO4. The molecule has 2 rings (SSSR count). The summed E-state index contributed by atoms with van der Waals surface area (Å²) in [6.07, 6.45) is 0.835. The lowest BCUT2D eigenvalue weighted by molar-refractivity contribution is -0.142. The van der Waals surface area contributed by atoms with Crippen LogP contribution in [0.15, 0.2) is 24.3 Å². The van der Waals surface area contributed by atoms with Crippen molar-refractivity contribution in [1.82, 2.24) is 0 Å². The fourth-order valence-corrected chi connectivity index (χ4v) is 2.25. The zero-order valence-corrected chi connectivity index (χ0v) is 12.1. The van der Waals surface area contributed by atoms with E-state index < -0.39 is 17.8 Å². The van der Waals surface area contributed by atoms with E-state index in [1.54, 1.807) is 0 Å². The summed E-state index contributed by atoms with van der Waals surface area (Å²) in [4.78, 5) is 11.4. The maximum absolute atomic E-state index is 11.4. The molecule has 2 N–H and O–H groups in total. The lowest BCUT2D eigenvalue weighted by Crippen LogP contribution is -2.23. The minimum Gasteiger partial charge on any atom is -0.468 e. The van der Waals surface area contributed by atoms with Crippen molar-refractivity contribution in [3.05, 3.63) is 35.4 Å². The van der Waals surface area contributed by atoms with Gasteiger partial charge in [-0.3, -0.25) is 4.79 Å². The van der Waals surface area contributed by atoms with Crippen molar-refractivity contribution in [2.24, 2.45) is 5.73 Å². The SMILES string of the molecule is COC(=O)C(N)c1ccc(CC2COC(C)(C)O2)cc1. The smallest absolute Gasteiger partial charge is 0.327 e. The Hall–Kier alpha value is -1.43. The van der Waals surface area contributed by atoms with Gasteiger partial charge in [0.1, 0.15) is 6.04 Å². The molecule has 20 heavy (non-hydrogen) atoms. The molecule has 5 heteroatoms. The fourth-order valence-electron chi connectivity index (χ4n) is 2.25. The summed E-state index contributed by atoms with van der Waals surface area (Å²) in [5.41, 5.74) is 7.64. The van der Waals surface area contributed by atoms with Crippen molar-refractivity contribution in [2.45, 2.75) is 38.2 Å². The predicted octanol–water partition coefficient (Wildman–Crippen LogP) is 1.55. The van der Waals surface area contributed by atoms with Crippen LogP contribution in [0.5, 0.6) is 0 Å². The van der Waals surface area contributed by atoms with Crippen molar-refractivity contribution in [2.75, 3.05) is 13.7 Å². The Bertz CT molecular complexity index is 469. The van der Waals surface area contributed by atoms with Crippen LogP contribution in [0.4, 0.5) is 0 Å². The molecule has 0 amide bonds. The first-order valence-electron chi connectivity index (χ1n) is 6.65. The second-order valence-corrected chi connectivity index (χ2v) is 5.40. The highest BCUT2D eigenvalue weighted by atomic mass is 16.7. The lowest BCUT2D eigenvalue weighted by Gasteiger charge is -2.17. The van der Waals surface area contributed by atoms with Crippen molar-refractivity contribution in [1.29, 1.82) is 0 Å². The fraction of sp³-hybridized carbons (Fsp3) is 0.533. The number of methoxy groups -OCH3 is 1. The number of carbonyl (C=O) groups is 1. The summed E-state index contributed by atoms with van der Waals surface area (Å²) in [5, 5.41) is 0. The molecule has 1 aromatic carbocycles. The molecule has 110 valence electrons. The molecule has 1 aliphatic rings. The van der Waals surface area contributed by atoms with Crippen LogP contribution in [-0.4, -0.2) is 31.6 Å². The summed E-state index contributed by atoms with van der Waals surface area (Å²) in [6, 6.07) is 6.86. The van der Waals surface area contributed by atoms with Gasteiger partial charge in [-0.1, -0.05) is 24.3 Å². The summed E-state index contributed by atoms with van der Waals surface area (Å²) < 4.78 is 15.9. The van der Waals surface area contributed by atoms with Crippen LogP contribution < -0.4 is 5.73 Å². The third-order valence-corrected chi connectivity index (χ3v) is 3.32. The molecule has 0 aliphatic carbocycles. The Morgan fingerprint density at radius 1 is 1.45 bits per heavy atom. The van der Waals surface area contributed by atoms with Crippen molar-refractivity contribution in [3.63, 3.8) is 0 Å². The second-order valence-electron chi connectivity index (χ2n) is 5.40. The summed E-state index contributed by atoms with van der Waals surface area (Å²) in [6.45, 7) is 4.41. The molecule has 2 unspecified atom stereocenters. The van der Waals surface area contributed by atoms with E-state index >= 15 is 0 Å². The van der Waals surface area contributed by atoms with Crippen molar-refractivity contribution in [3.8, 4) is 0 Å². The van der Waals surface area contributed by atoms with Crippen LogP contribution >= 0.6 is 0 Å².